The van der Waals surface area contributed by atoms with Gasteiger partial charge in [0.1, 0.15) is 0 Å². The van der Waals surface area contributed by atoms with E-state index in [-0.39, 0.29) is 0 Å². The third-order valence-corrected chi connectivity index (χ3v) is 3.52. The van der Waals surface area contributed by atoms with Crippen molar-refractivity contribution in [3.05, 3.63) is 28.2 Å². The van der Waals surface area contributed by atoms with Gasteiger partial charge in [-0.3, -0.25) is 0 Å². The molecule has 0 atom stereocenters. The molecular formula is C10H10BrN. The molecule has 0 bridgehead atoms. The molecule has 0 saturated heterocycles. The molecule has 1 heterocycles. The number of nitrogens with one attached hydrogen (secondary N) is 1. The van der Waals surface area contributed by atoms with E-state index in [1.54, 1.807) is 0 Å². The minimum atomic E-state index is 0.527. The Kier molecular flexibility index (Phi) is 1.19. The molecule has 1 nitrogen and oxygen atoms in total. The standard InChI is InChI=1S/C10H10BrN/c11-7-1-2-9-8(5-7)10(3-4-10)6-12-9/h1-2,5,12H,3-4,6H2. The van der Waals surface area contributed by atoms with E-state index in [1.165, 1.54) is 28.6 Å². The summed E-state index contributed by atoms with van der Waals surface area (Å²) in [7, 11) is 0. The van der Waals surface area contributed by atoms with E-state index in [0.717, 1.165) is 6.54 Å². The van der Waals surface area contributed by atoms with Crippen molar-refractivity contribution in [2.24, 2.45) is 0 Å². The van der Waals surface area contributed by atoms with Gasteiger partial charge in [-0.2, -0.15) is 0 Å². The number of halogens is 1. The van der Waals surface area contributed by atoms with E-state index in [4.69, 9.17) is 0 Å². The van der Waals surface area contributed by atoms with Crippen molar-refractivity contribution in [3.8, 4) is 0 Å². The Hall–Kier alpha value is -0.500. The summed E-state index contributed by atoms with van der Waals surface area (Å²) in [5.41, 5.74) is 3.40. The molecule has 0 aromatic heterocycles. The van der Waals surface area contributed by atoms with Gasteiger partial charge in [-0.05, 0) is 36.6 Å². The van der Waals surface area contributed by atoms with Crippen molar-refractivity contribution in [1.29, 1.82) is 0 Å². The van der Waals surface area contributed by atoms with Crippen LogP contribution in [0, 0.1) is 0 Å². The first kappa shape index (κ1) is 6.96. The van der Waals surface area contributed by atoms with Crippen molar-refractivity contribution in [3.63, 3.8) is 0 Å². The van der Waals surface area contributed by atoms with E-state index < -0.39 is 0 Å². The molecule has 0 unspecified atom stereocenters. The molecule has 1 N–H and O–H groups in total. The summed E-state index contributed by atoms with van der Waals surface area (Å²) in [5.74, 6) is 0. The highest BCUT2D eigenvalue weighted by atomic mass is 79.9. The predicted molar refractivity (Wildman–Crippen MR) is 53.5 cm³/mol. The van der Waals surface area contributed by atoms with Crippen molar-refractivity contribution >= 4 is 21.6 Å². The summed E-state index contributed by atoms with van der Waals surface area (Å²) < 4.78 is 1.20. The Bertz CT molecular complexity index is 342. The Morgan fingerprint density at radius 3 is 2.92 bits per heavy atom. The van der Waals surface area contributed by atoms with Crippen LogP contribution < -0.4 is 5.32 Å². The summed E-state index contributed by atoms with van der Waals surface area (Å²) >= 11 is 3.52. The highest BCUT2D eigenvalue weighted by Gasteiger charge is 2.48. The molecule has 3 rings (SSSR count). The number of benzene rings is 1. The summed E-state index contributed by atoms with van der Waals surface area (Å²) in [6, 6.07) is 6.54. The largest absolute Gasteiger partial charge is 0.384 e. The molecule has 1 aromatic carbocycles. The maximum Gasteiger partial charge on any atom is 0.0380 e. The normalized spacial score (nSPS) is 22.1. The molecule has 2 aliphatic rings. The molecule has 1 spiro atoms. The molecule has 1 fully saturated rings. The minimum absolute atomic E-state index is 0.527. The molecule has 12 heavy (non-hydrogen) atoms. The van der Waals surface area contributed by atoms with Gasteiger partial charge in [-0.15, -0.1) is 0 Å². The van der Waals surface area contributed by atoms with Gasteiger partial charge in [0.05, 0.1) is 0 Å². The van der Waals surface area contributed by atoms with Crippen LogP contribution in [0.15, 0.2) is 22.7 Å². The van der Waals surface area contributed by atoms with Gasteiger partial charge in [0.25, 0.3) is 0 Å². The molecule has 1 saturated carbocycles. The monoisotopic (exact) mass is 223 g/mol. The number of fused-ring (bicyclic) bond motifs is 2. The van der Waals surface area contributed by atoms with E-state index in [2.05, 4.69) is 39.4 Å². The van der Waals surface area contributed by atoms with Crippen molar-refractivity contribution < 1.29 is 0 Å². The molecule has 0 amide bonds. The summed E-state index contributed by atoms with van der Waals surface area (Å²) in [6.07, 6.45) is 2.73. The predicted octanol–water partition coefficient (Wildman–Crippen LogP) is 2.91. The van der Waals surface area contributed by atoms with Crippen LogP contribution in [0.25, 0.3) is 0 Å². The first-order valence-electron chi connectivity index (χ1n) is 4.34. The van der Waals surface area contributed by atoms with Gasteiger partial charge in [-0.25, -0.2) is 0 Å². The van der Waals surface area contributed by atoms with Crippen molar-refractivity contribution in [2.45, 2.75) is 18.3 Å². The first-order valence-corrected chi connectivity index (χ1v) is 5.13. The van der Waals surface area contributed by atoms with E-state index >= 15 is 0 Å². The van der Waals surface area contributed by atoms with Crippen molar-refractivity contribution in [2.75, 3.05) is 11.9 Å². The van der Waals surface area contributed by atoms with Crippen LogP contribution in [0.4, 0.5) is 5.69 Å². The SMILES string of the molecule is Brc1ccc2c(c1)C1(CC1)CN2. The molecule has 2 heteroatoms. The number of hydrogen-bond acceptors (Lipinski definition) is 1. The third-order valence-electron chi connectivity index (χ3n) is 3.02. The maximum absolute atomic E-state index is 3.52. The van der Waals surface area contributed by atoms with Crippen LogP contribution in [-0.4, -0.2) is 6.54 Å². The first-order chi connectivity index (χ1) is 5.80. The maximum atomic E-state index is 3.52. The molecule has 0 radical (unpaired) electrons. The minimum Gasteiger partial charge on any atom is -0.384 e. The Morgan fingerprint density at radius 1 is 1.33 bits per heavy atom. The Balaban J connectivity index is 2.20. The highest BCUT2D eigenvalue weighted by molar-refractivity contribution is 9.10. The zero-order chi connectivity index (χ0) is 8.18. The van der Waals surface area contributed by atoms with Crippen molar-refractivity contribution in [1.82, 2.24) is 0 Å². The second-order valence-electron chi connectivity index (χ2n) is 3.82. The molecule has 1 aliphatic heterocycles. The lowest BCUT2D eigenvalue weighted by Crippen LogP contribution is -2.08. The van der Waals surface area contributed by atoms with Crippen LogP contribution in [0.2, 0.25) is 0 Å². The quantitative estimate of drug-likeness (QED) is 0.714. The van der Waals surface area contributed by atoms with Crippen LogP contribution in [-0.2, 0) is 5.41 Å². The van der Waals surface area contributed by atoms with E-state index in [1.807, 2.05) is 0 Å². The van der Waals surface area contributed by atoms with Crippen LogP contribution in [0.3, 0.4) is 0 Å². The Morgan fingerprint density at radius 2 is 2.17 bits per heavy atom. The third kappa shape index (κ3) is 0.789. The summed E-state index contributed by atoms with van der Waals surface area (Å²) in [6.45, 7) is 1.15. The smallest absolute Gasteiger partial charge is 0.0380 e. The molecule has 1 aromatic rings. The number of hydrogen-bond donors (Lipinski definition) is 1. The average Bonchev–Trinajstić information content (AvgIpc) is 2.74. The topological polar surface area (TPSA) is 12.0 Å². The summed E-state index contributed by atoms with van der Waals surface area (Å²) in [5, 5.41) is 3.46. The second kappa shape index (κ2) is 2.05. The second-order valence-corrected chi connectivity index (χ2v) is 4.74. The van der Waals surface area contributed by atoms with Gasteiger partial charge in [0, 0.05) is 22.1 Å². The fourth-order valence-electron chi connectivity index (χ4n) is 2.07. The van der Waals surface area contributed by atoms with E-state index in [0.29, 0.717) is 5.41 Å². The van der Waals surface area contributed by atoms with Gasteiger partial charge >= 0.3 is 0 Å². The molecule has 62 valence electrons. The highest BCUT2D eigenvalue weighted by Crippen LogP contribution is 2.54. The van der Waals surface area contributed by atoms with Crippen LogP contribution in [0.1, 0.15) is 18.4 Å². The lowest BCUT2D eigenvalue weighted by molar-refractivity contribution is 0.777. The average molecular weight is 224 g/mol. The van der Waals surface area contributed by atoms with Gasteiger partial charge in [0.15, 0.2) is 0 Å². The number of anilines is 1. The molecular weight excluding hydrogens is 214 g/mol. The van der Waals surface area contributed by atoms with Crippen LogP contribution in [0.5, 0.6) is 0 Å². The number of rotatable bonds is 0. The van der Waals surface area contributed by atoms with Gasteiger partial charge in [0.2, 0.25) is 0 Å². The van der Waals surface area contributed by atoms with E-state index in [9.17, 15) is 0 Å². The molecule has 1 aliphatic carbocycles. The lowest BCUT2D eigenvalue weighted by Gasteiger charge is -2.05. The van der Waals surface area contributed by atoms with Gasteiger partial charge < -0.3 is 5.32 Å². The summed E-state index contributed by atoms with van der Waals surface area (Å²) in [4.78, 5) is 0. The zero-order valence-corrected chi connectivity index (χ0v) is 8.32. The fourth-order valence-corrected chi connectivity index (χ4v) is 2.43. The fraction of sp³-hybridized carbons (Fsp3) is 0.400. The lowest BCUT2D eigenvalue weighted by atomic mass is 9.99. The zero-order valence-electron chi connectivity index (χ0n) is 6.73. The van der Waals surface area contributed by atoms with Gasteiger partial charge in [-0.1, -0.05) is 15.9 Å². The Labute approximate surface area is 80.3 Å². The van der Waals surface area contributed by atoms with Crippen LogP contribution >= 0.6 is 15.9 Å².